The predicted molar refractivity (Wildman–Crippen MR) is 64.6 cm³/mol. The maximum Gasteiger partial charge on any atom is 0.449 e. The summed E-state index contributed by atoms with van der Waals surface area (Å²) in [6.45, 7) is 1.65. The molecule has 0 bridgehead atoms. The molecule has 0 amide bonds. The van der Waals surface area contributed by atoms with Gasteiger partial charge in [-0.1, -0.05) is 12.2 Å². The van der Waals surface area contributed by atoms with E-state index in [-0.39, 0.29) is 15.9 Å². The molecule has 0 aliphatic rings. The summed E-state index contributed by atoms with van der Waals surface area (Å²) in [4.78, 5) is 5.34. The predicted octanol–water partition coefficient (Wildman–Crippen LogP) is 4.27. The summed E-state index contributed by atoms with van der Waals surface area (Å²) < 4.78 is 50.9. The van der Waals surface area contributed by atoms with Crippen LogP contribution < -0.4 is 0 Å². The van der Waals surface area contributed by atoms with Crippen molar-refractivity contribution in [3.63, 3.8) is 0 Å². The highest BCUT2D eigenvalue weighted by Gasteiger charge is 2.34. The first-order valence-electron chi connectivity index (χ1n) is 5.22. The van der Waals surface area contributed by atoms with Crippen LogP contribution in [-0.4, -0.2) is 9.97 Å². The highest BCUT2D eigenvalue weighted by Crippen LogP contribution is 2.28. The lowest BCUT2D eigenvalue weighted by Crippen LogP contribution is -2.11. The van der Waals surface area contributed by atoms with Gasteiger partial charge in [0, 0.05) is 5.56 Å². The van der Waals surface area contributed by atoms with Crippen molar-refractivity contribution >= 4 is 12.2 Å². The summed E-state index contributed by atoms with van der Waals surface area (Å²) in [5.41, 5.74) is 0.964. The molecule has 0 saturated heterocycles. The van der Waals surface area contributed by atoms with Gasteiger partial charge >= 0.3 is 6.18 Å². The monoisotopic (exact) mass is 288 g/mol. The number of hydrogen-bond donors (Lipinski definition) is 1. The number of rotatable bonds is 1. The van der Waals surface area contributed by atoms with Crippen molar-refractivity contribution in [2.45, 2.75) is 13.1 Å². The molecule has 1 heterocycles. The Bertz CT molecular complexity index is 656. The zero-order chi connectivity index (χ0) is 14.2. The second-order valence-electron chi connectivity index (χ2n) is 4.00. The van der Waals surface area contributed by atoms with Gasteiger partial charge in [0.1, 0.15) is 10.5 Å². The second kappa shape index (κ2) is 4.73. The van der Waals surface area contributed by atoms with Gasteiger partial charge in [-0.2, -0.15) is 13.2 Å². The van der Waals surface area contributed by atoms with Crippen molar-refractivity contribution in [2.24, 2.45) is 0 Å². The molecule has 1 N–H and O–H groups in total. The normalized spacial score (nSPS) is 11.6. The molecule has 0 saturated carbocycles. The second-order valence-corrected chi connectivity index (χ2v) is 4.41. The number of halogens is 4. The molecule has 0 fully saturated rings. The van der Waals surface area contributed by atoms with Crippen molar-refractivity contribution in [2.75, 3.05) is 0 Å². The van der Waals surface area contributed by atoms with E-state index < -0.39 is 17.8 Å². The maximum atomic E-state index is 13.3. The molecule has 0 aliphatic heterocycles. The van der Waals surface area contributed by atoms with Crippen LogP contribution in [0, 0.1) is 17.4 Å². The maximum absolute atomic E-state index is 13.3. The number of aromatic nitrogens is 2. The van der Waals surface area contributed by atoms with Crippen LogP contribution >= 0.6 is 12.2 Å². The van der Waals surface area contributed by atoms with Gasteiger partial charge < -0.3 is 4.98 Å². The lowest BCUT2D eigenvalue weighted by atomic mass is 10.1. The van der Waals surface area contributed by atoms with E-state index in [2.05, 4.69) is 9.97 Å². The number of alkyl halides is 3. The van der Waals surface area contributed by atoms with Crippen LogP contribution in [0.3, 0.4) is 0 Å². The Morgan fingerprint density at radius 2 is 1.84 bits per heavy atom. The van der Waals surface area contributed by atoms with Crippen molar-refractivity contribution in [1.29, 1.82) is 0 Å². The Morgan fingerprint density at radius 1 is 1.16 bits per heavy atom. The smallest absolute Gasteiger partial charge is 0.335 e. The van der Waals surface area contributed by atoms with Crippen LogP contribution in [0.15, 0.2) is 24.3 Å². The molecule has 2 nitrogen and oxygen atoms in total. The van der Waals surface area contributed by atoms with Crippen molar-refractivity contribution < 1.29 is 17.6 Å². The van der Waals surface area contributed by atoms with E-state index >= 15 is 0 Å². The summed E-state index contributed by atoms with van der Waals surface area (Å²) in [5.74, 6) is -1.73. The fraction of sp³-hybridized carbons (Fsp3) is 0.167. The first-order chi connectivity index (χ1) is 8.75. The third kappa shape index (κ3) is 3.17. The molecule has 2 aromatic rings. The number of nitrogens with one attached hydrogen (secondary N) is 1. The summed E-state index contributed by atoms with van der Waals surface area (Å²) in [6, 6.07) is 5.24. The van der Waals surface area contributed by atoms with E-state index in [1.165, 1.54) is 12.1 Å². The van der Waals surface area contributed by atoms with Crippen LogP contribution in [-0.2, 0) is 6.18 Å². The van der Waals surface area contributed by atoms with Crippen LogP contribution in [0.1, 0.15) is 11.4 Å². The number of aromatic amines is 1. The number of hydrogen-bond acceptors (Lipinski definition) is 2. The van der Waals surface area contributed by atoms with Gasteiger partial charge in [-0.3, -0.25) is 0 Å². The van der Waals surface area contributed by atoms with E-state index in [4.69, 9.17) is 12.2 Å². The van der Waals surface area contributed by atoms with Gasteiger partial charge in [-0.25, -0.2) is 9.37 Å². The van der Waals surface area contributed by atoms with Crippen LogP contribution in [0.25, 0.3) is 11.3 Å². The lowest BCUT2D eigenvalue weighted by molar-refractivity contribution is -0.144. The molecule has 1 aromatic carbocycles. The summed E-state index contributed by atoms with van der Waals surface area (Å²) >= 11 is 4.70. The molecule has 0 atom stereocenters. The van der Waals surface area contributed by atoms with Gasteiger partial charge in [0.25, 0.3) is 0 Å². The Morgan fingerprint density at radius 3 is 2.42 bits per heavy atom. The molecule has 2 rings (SSSR count). The van der Waals surface area contributed by atoms with E-state index in [1.807, 2.05) is 0 Å². The topological polar surface area (TPSA) is 28.7 Å². The fourth-order valence-electron chi connectivity index (χ4n) is 1.64. The number of aryl methyl sites for hydroxylation is 1. The third-order valence-corrected chi connectivity index (χ3v) is 2.57. The van der Waals surface area contributed by atoms with Gasteiger partial charge in [0.15, 0.2) is 0 Å². The Balaban J connectivity index is 2.63. The van der Waals surface area contributed by atoms with Crippen LogP contribution in [0.5, 0.6) is 0 Å². The number of H-pyrrole nitrogens is 1. The first-order valence-corrected chi connectivity index (χ1v) is 5.62. The molecular weight excluding hydrogens is 280 g/mol. The zero-order valence-corrected chi connectivity index (χ0v) is 10.5. The van der Waals surface area contributed by atoms with E-state index in [1.54, 1.807) is 13.0 Å². The average molecular weight is 288 g/mol. The van der Waals surface area contributed by atoms with E-state index in [0.717, 1.165) is 6.07 Å². The first kappa shape index (κ1) is 13.7. The van der Waals surface area contributed by atoms with Crippen molar-refractivity contribution in [1.82, 2.24) is 9.97 Å². The molecule has 0 radical (unpaired) electrons. The highest BCUT2D eigenvalue weighted by molar-refractivity contribution is 7.71. The largest absolute Gasteiger partial charge is 0.449 e. The molecule has 7 heteroatoms. The number of benzene rings is 1. The standard InChI is InChI=1S/C12H8F4N2S/c1-6-2-7(4-8(13)3-6)9-5-10(19)18-11(17-9)12(14,15)16/h2-5H,1H3,(H,17,18,19). The SMILES string of the molecule is Cc1cc(F)cc(-c2cc(=S)nc(C(F)(F)F)[nH]2)c1. The molecule has 100 valence electrons. The zero-order valence-electron chi connectivity index (χ0n) is 9.68. The quantitative estimate of drug-likeness (QED) is 0.627. The summed E-state index contributed by atoms with van der Waals surface area (Å²) in [7, 11) is 0. The van der Waals surface area contributed by atoms with Crippen LogP contribution in [0.2, 0.25) is 0 Å². The van der Waals surface area contributed by atoms with E-state index in [9.17, 15) is 17.6 Å². The summed E-state index contributed by atoms with van der Waals surface area (Å²) in [6.07, 6.45) is -4.63. The Hall–Kier alpha value is -1.76. The minimum atomic E-state index is -4.63. The minimum absolute atomic E-state index is 0.0786. The average Bonchev–Trinajstić information content (AvgIpc) is 2.25. The highest BCUT2D eigenvalue weighted by atomic mass is 32.1. The summed E-state index contributed by atoms with van der Waals surface area (Å²) in [5, 5.41) is 0. The minimum Gasteiger partial charge on any atom is -0.335 e. The van der Waals surface area contributed by atoms with Crippen molar-refractivity contribution in [3.8, 4) is 11.3 Å². The molecule has 0 aliphatic carbocycles. The molecule has 1 aromatic heterocycles. The van der Waals surface area contributed by atoms with Gasteiger partial charge in [-0.05, 0) is 36.8 Å². The lowest BCUT2D eigenvalue weighted by Gasteiger charge is -2.09. The molecular formula is C12H8F4N2S. The molecule has 19 heavy (non-hydrogen) atoms. The van der Waals surface area contributed by atoms with Crippen LogP contribution in [0.4, 0.5) is 17.6 Å². The van der Waals surface area contributed by atoms with Crippen molar-refractivity contribution in [3.05, 3.63) is 46.1 Å². The fourth-order valence-corrected chi connectivity index (χ4v) is 1.85. The Labute approximate surface area is 111 Å². The Kier molecular flexibility index (Phi) is 3.40. The molecule has 0 spiro atoms. The third-order valence-electron chi connectivity index (χ3n) is 2.36. The van der Waals surface area contributed by atoms with Gasteiger partial charge in [0.05, 0.1) is 5.69 Å². The number of nitrogens with zero attached hydrogens (tertiary/aromatic N) is 1. The van der Waals surface area contributed by atoms with E-state index in [0.29, 0.717) is 5.56 Å². The van der Waals surface area contributed by atoms with Gasteiger partial charge in [-0.15, -0.1) is 0 Å². The molecule has 0 unspecified atom stereocenters. The van der Waals surface area contributed by atoms with Gasteiger partial charge in [0.2, 0.25) is 5.82 Å².